The van der Waals surface area contributed by atoms with Gasteiger partial charge in [-0.05, 0) is 35.1 Å². The van der Waals surface area contributed by atoms with Crippen LogP contribution in [0.25, 0.3) is 6.08 Å². The zero-order valence-electron chi connectivity index (χ0n) is 13.2. The lowest BCUT2D eigenvalue weighted by Crippen LogP contribution is -2.05. The van der Waals surface area contributed by atoms with Crippen LogP contribution >= 0.6 is 0 Å². The molecule has 0 aromatic heterocycles. The average Bonchev–Trinajstić information content (AvgIpc) is 2.94. The van der Waals surface area contributed by atoms with E-state index in [1.54, 1.807) is 0 Å². The van der Waals surface area contributed by atoms with Crippen LogP contribution in [0.15, 0.2) is 90.5 Å². The predicted molar refractivity (Wildman–Crippen MR) is 97.5 cm³/mol. The van der Waals surface area contributed by atoms with Gasteiger partial charge in [0.05, 0.1) is 0 Å². The number of fused-ring (bicyclic) bond motifs is 1. The second-order valence-corrected chi connectivity index (χ2v) is 6.25. The first-order valence-corrected chi connectivity index (χ1v) is 8.27. The van der Waals surface area contributed by atoms with Crippen LogP contribution < -0.4 is 0 Å². The molecule has 0 bridgehead atoms. The van der Waals surface area contributed by atoms with Crippen molar-refractivity contribution >= 4 is 6.08 Å². The van der Waals surface area contributed by atoms with Crippen molar-refractivity contribution in [2.24, 2.45) is 0 Å². The van der Waals surface area contributed by atoms with Crippen molar-refractivity contribution in [3.05, 3.63) is 113 Å². The Balaban J connectivity index is 1.66. The van der Waals surface area contributed by atoms with Gasteiger partial charge in [-0.15, -0.1) is 0 Å². The Morgan fingerprint density at radius 1 is 0.609 bits per heavy atom. The Morgan fingerprint density at radius 2 is 1.22 bits per heavy atom. The van der Waals surface area contributed by atoms with Gasteiger partial charge in [-0.25, -0.2) is 0 Å². The second-order valence-electron chi connectivity index (χ2n) is 6.25. The van der Waals surface area contributed by atoms with E-state index in [9.17, 15) is 0 Å². The molecular weight excluding hydrogens is 276 g/mol. The zero-order chi connectivity index (χ0) is 15.5. The van der Waals surface area contributed by atoms with Gasteiger partial charge >= 0.3 is 0 Å². The predicted octanol–water partition coefficient (Wildman–Crippen LogP) is 5.65. The van der Waals surface area contributed by atoms with Gasteiger partial charge in [0.2, 0.25) is 0 Å². The first-order chi connectivity index (χ1) is 11.4. The summed E-state index contributed by atoms with van der Waals surface area (Å²) in [6, 6.07) is 30.5. The summed E-state index contributed by atoms with van der Waals surface area (Å²) in [5.41, 5.74) is 7.20. The molecule has 0 fully saturated rings. The van der Waals surface area contributed by atoms with E-state index in [2.05, 4.69) is 91.0 Å². The summed E-state index contributed by atoms with van der Waals surface area (Å²) in [4.78, 5) is 0. The molecule has 0 nitrogen and oxygen atoms in total. The summed E-state index contributed by atoms with van der Waals surface area (Å²) >= 11 is 0. The van der Waals surface area contributed by atoms with E-state index >= 15 is 0 Å². The maximum Gasteiger partial charge on any atom is 0.0101 e. The highest BCUT2D eigenvalue weighted by molar-refractivity contribution is 5.67. The van der Waals surface area contributed by atoms with Crippen LogP contribution in [0.2, 0.25) is 0 Å². The fraction of sp³-hybridized carbons (Fsp3) is 0.130. The third kappa shape index (κ3) is 2.98. The molecule has 3 aromatic carbocycles. The summed E-state index contributed by atoms with van der Waals surface area (Å²) in [7, 11) is 0. The van der Waals surface area contributed by atoms with Crippen LogP contribution in [-0.2, 0) is 12.8 Å². The fourth-order valence-electron chi connectivity index (χ4n) is 3.56. The summed E-state index contributed by atoms with van der Waals surface area (Å²) < 4.78 is 0. The molecule has 0 aliphatic heterocycles. The number of hydrogen-bond acceptors (Lipinski definition) is 0. The van der Waals surface area contributed by atoms with Crippen molar-refractivity contribution in [3.63, 3.8) is 0 Å². The van der Waals surface area contributed by atoms with E-state index in [4.69, 9.17) is 0 Å². The van der Waals surface area contributed by atoms with Crippen molar-refractivity contribution < 1.29 is 0 Å². The number of rotatable bonds is 4. The molecule has 1 aliphatic rings. The molecule has 4 rings (SSSR count). The molecule has 0 heteroatoms. The largest absolute Gasteiger partial charge is 0.0622 e. The van der Waals surface area contributed by atoms with Crippen molar-refractivity contribution in [2.75, 3.05) is 0 Å². The molecule has 1 atom stereocenters. The molecule has 112 valence electrons. The maximum absolute atomic E-state index is 2.40. The SMILES string of the molecule is C1=C(Cc2ccccc2)C(Cc2ccccc2)c2ccccc21. The van der Waals surface area contributed by atoms with Gasteiger partial charge < -0.3 is 0 Å². The highest BCUT2D eigenvalue weighted by atomic mass is 14.3. The van der Waals surface area contributed by atoms with Gasteiger partial charge in [-0.2, -0.15) is 0 Å². The second kappa shape index (κ2) is 6.26. The number of hydrogen-bond donors (Lipinski definition) is 0. The summed E-state index contributed by atoms with van der Waals surface area (Å²) in [6.45, 7) is 0. The Hall–Kier alpha value is -2.60. The summed E-state index contributed by atoms with van der Waals surface area (Å²) in [5.74, 6) is 0.494. The first kappa shape index (κ1) is 14.0. The van der Waals surface area contributed by atoms with E-state index in [-0.39, 0.29) is 0 Å². The molecule has 0 saturated heterocycles. The van der Waals surface area contributed by atoms with Crippen molar-refractivity contribution in [1.82, 2.24) is 0 Å². The minimum Gasteiger partial charge on any atom is -0.0622 e. The van der Waals surface area contributed by atoms with Gasteiger partial charge in [-0.3, -0.25) is 0 Å². The van der Waals surface area contributed by atoms with Crippen molar-refractivity contribution in [1.29, 1.82) is 0 Å². The van der Waals surface area contributed by atoms with Crippen LogP contribution in [0.1, 0.15) is 28.2 Å². The first-order valence-electron chi connectivity index (χ1n) is 8.27. The Labute approximate surface area is 138 Å². The molecule has 0 N–H and O–H groups in total. The molecule has 1 unspecified atom stereocenters. The quantitative estimate of drug-likeness (QED) is 0.583. The van der Waals surface area contributed by atoms with Gasteiger partial charge in [0, 0.05) is 5.92 Å². The van der Waals surface area contributed by atoms with Crippen LogP contribution in [0, 0.1) is 0 Å². The Kier molecular flexibility index (Phi) is 3.81. The van der Waals surface area contributed by atoms with Crippen molar-refractivity contribution in [2.45, 2.75) is 18.8 Å². The third-order valence-corrected chi connectivity index (χ3v) is 4.69. The standard InChI is InChI=1S/C23H20/c1-3-9-18(10-4-1)15-21-17-20-13-7-8-14-22(20)23(21)16-19-11-5-2-6-12-19/h1-14,17,23H,15-16H2. The molecule has 3 aromatic rings. The van der Waals surface area contributed by atoms with Crippen LogP contribution in [0.5, 0.6) is 0 Å². The molecular formula is C23H20. The molecule has 0 saturated carbocycles. The van der Waals surface area contributed by atoms with E-state index in [0.717, 1.165) is 12.8 Å². The number of allylic oxidation sites excluding steroid dienone is 1. The Bertz CT molecular complexity index is 813. The number of benzene rings is 3. The molecule has 0 radical (unpaired) electrons. The molecule has 0 heterocycles. The van der Waals surface area contributed by atoms with E-state index in [0.29, 0.717) is 5.92 Å². The van der Waals surface area contributed by atoms with Gasteiger partial charge in [0.1, 0.15) is 0 Å². The zero-order valence-corrected chi connectivity index (χ0v) is 13.2. The van der Waals surface area contributed by atoms with Gasteiger partial charge in [0.25, 0.3) is 0 Å². The van der Waals surface area contributed by atoms with E-state index in [1.807, 2.05) is 0 Å². The smallest absolute Gasteiger partial charge is 0.0101 e. The molecule has 0 amide bonds. The molecule has 1 aliphatic carbocycles. The average molecular weight is 296 g/mol. The van der Waals surface area contributed by atoms with E-state index in [1.165, 1.54) is 27.8 Å². The van der Waals surface area contributed by atoms with E-state index < -0.39 is 0 Å². The normalized spacial score (nSPS) is 16.0. The summed E-state index contributed by atoms with van der Waals surface area (Å²) in [6.07, 6.45) is 4.51. The highest BCUT2D eigenvalue weighted by Crippen LogP contribution is 2.39. The van der Waals surface area contributed by atoms with Gasteiger partial charge in [0.15, 0.2) is 0 Å². The summed E-state index contributed by atoms with van der Waals surface area (Å²) in [5, 5.41) is 0. The van der Waals surface area contributed by atoms with Crippen LogP contribution in [-0.4, -0.2) is 0 Å². The third-order valence-electron chi connectivity index (χ3n) is 4.69. The minimum absolute atomic E-state index is 0.494. The molecule has 23 heavy (non-hydrogen) atoms. The fourth-order valence-corrected chi connectivity index (χ4v) is 3.56. The lowest BCUT2D eigenvalue weighted by Gasteiger charge is -2.17. The van der Waals surface area contributed by atoms with Crippen LogP contribution in [0.4, 0.5) is 0 Å². The lowest BCUT2D eigenvalue weighted by atomic mass is 9.86. The minimum atomic E-state index is 0.494. The topological polar surface area (TPSA) is 0 Å². The maximum atomic E-state index is 2.40. The lowest BCUT2D eigenvalue weighted by molar-refractivity contribution is 0.780. The van der Waals surface area contributed by atoms with Crippen molar-refractivity contribution in [3.8, 4) is 0 Å². The van der Waals surface area contributed by atoms with Gasteiger partial charge in [-0.1, -0.05) is 96.6 Å². The highest BCUT2D eigenvalue weighted by Gasteiger charge is 2.25. The molecule has 0 spiro atoms. The van der Waals surface area contributed by atoms with Crippen LogP contribution in [0.3, 0.4) is 0 Å². The monoisotopic (exact) mass is 296 g/mol. The Morgan fingerprint density at radius 3 is 1.96 bits per heavy atom.